The fraction of sp³-hybridized carbons (Fsp3) is 0. The van der Waals surface area contributed by atoms with E-state index in [9.17, 15) is 0 Å². The van der Waals surface area contributed by atoms with E-state index in [1.807, 2.05) is 0 Å². The third-order valence-corrected chi connectivity index (χ3v) is 160. The van der Waals surface area contributed by atoms with Crippen LogP contribution in [0.5, 0.6) is 0 Å². The standard InChI is InChI=1S/H2P52/c1-3-5-7-9-11-13-15-17-19-21-23-25-27-29-31-33-35-37-39-41-43-45-47-49-51-52-50-48-46-44-42-40-38-36-34-32-30-28-26-24-22-20-18-16-14-12-10-8-6-4-2/h1H2. The van der Waals surface area contributed by atoms with Gasteiger partial charge in [-0.2, -0.15) is 0 Å². The van der Waals surface area contributed by atoms with E-state index in [0.29, 0.717) is 0 Å². The minimum Gasteiger partial charge on any atom is -0.0774 e. The van der Waals surface area contributed by atoms with Crippen LogP contribution in [0.15, 0.2) is 0 Å². The van der Waals surface area contributed by atoms with Gasteiger partial charge in [0, 0.05) is 212 Å². The molecule has 0 aromatic carbocycles. The van der Waals surface area contributed by atoms with Gasteiger partial charge in [-0.1, -0.05) is 8.93 Å². The van der Waals surface area contributed by atoms with E-state index in [2.05, 4.69) is 17.3 Å². The molecule has 262 valence electrons. The van der Waals surface area contributed by atoms with Crippen molar-refractivity contribution in [2.75, 3.05) is 0 Å². The van der Waals surface area contributed by atoms with Crippen LogP contribution in [0.3, 0.4) is 0 Å². The second-order valence-corrected chi connectivity index (χ2v) is 121. The number of hydrogen-bond donors (Lipinski definition) is 0. The Kier molecular flexibility index (Phi) is 87.6. The summed E-state index contributed by atoms with van der Waals surface area (Å²) in [6.07, 6.45) is 0. The Labute approximate surface area is 388 Å². The van der Waals surface area contributed by atoms with Crippen LogP contribution in [-0.2, 0) is 0 Å². The van der Waals surface area contributed by atoms with Gasteiger partial charge in [0.2, 0.25) is 0 Å². The van der Waals surface area contributed by atoms with Crippen molar-refractivity contribution >= 4 is 394 Å². The fourth-order valence-electron chi connectivity index (χ4n) is 0.864. The Morgan fingerprint density at radius 3 is 0.346 bits per heavy atom. The Balaban J connectivity index is 4.06. The van der Waals surface area contributed by atoms with Gasteiger partial charge in [0.15, 0.2) is 0 Å². The molecule has 0 N–H and O–H groups in total. The van der Waals surface area contributed by atoms with Crippen LogP contribution in [-0.4, -0.2) is 0 Å². The van der Waals surface area contributed by atoms with Crippen LogP contribution in [0.4, 0.5) is 0 Å². The minimum atomic E-state index is 1.21. The Hall–Kier alpha value is 16.0. The van der Waals surface area contributed by atoms with Crippen LogP contribution in [0.25, 0.3) is 0 Å². The van der Waals surface area contributed by atoms with Crippen LogP contribution in [0.1, 0.15) is 0 Å². The molecule has 0 saturated carbocycles. The molecule has 0 aliphatic carbocycles. The van der Waals surface area contributed by atoms with E-state index < -0.39 is 0 Å². The zero-order chi connectivity index (χ0) is 37.4. The quantitative estimate of drug-likeness (QED) is 0.0845. The third-order valence-electron chi connectivity index (χ3n) is 1.97. The molecular formula is H2P52. The topological polar surface area (TPSA) is 0 Å². The van der Waals surface area contributed by atoms with Gasteiger partial charge in [0.1, 0.15) is 0 Å². The molecule has 0 saturated heterocycles. The summed E-state index contributed by atoms with van der Waals surface area (Å²) in [6, 6.07) is 0. The predicted octanol–water partition coefficient (Wildman–Crippen LogP) is 44.2. The molecule has 0 aliphatic heterocycles. The molecule has 0 bridgehead atoms. The smallest absolute Gasteiger partial charge is 0.0774 e. The molecule has 52 heteroatoms. The molecule has 52 heavy (non-hydrogen) atoms. The first-order valence-electron chi connectivity index (χ1n) is 10.3. The van der Waals surface area contributed by atoms with Gasteiger partial charge >= 0.3 is 106 Å². The van der Waals surface area contributed by atoms with Crippen LogP contribution >= 0.6 is 394 Å². The first-order valence-corrected chi connectivity index (χ1v) is 92.3. The maximum atomic E-state index is 4.23. The monoisotopic (exact) mass is 1610 g/mol. The molecule has 0 spiro atoms. The van der Waals surface area contributed by atoms with Gasteiger partial charge in [0.05, 0.1) is 0 Å². The molecule has 0 radical (unpaired) electrons. The molecule has 0 aromatic rings. The zero-order valence-electron chi connectivity index (χ0n) is 23.4. The van der Waals surface area contributed by atoms with Crippen molar-refractivity contribution in [2.45, 2.75) is 0 Å². The van der Waals surface area contributed by atoms with Gasteiger partial charge in [-0.3, -0.25) is 0 Å². The van der Waals surface area contributed by atoms with Crippen molar-refractivity contribution in [1.29, 1.82) is 0 Å². The fourth-order valence-corrected chi connectivity index (χ4v) is 210. The molecule has 1 atom stereocenters. The second kappa shape index (κ2) is 67.0. The minimum absolute atomic E-state index is 1.21. The average Bonchev–Trinajstić information content (AvgIpc) is 3.16. The molecule has 1 unspecified atom stereocenters. The van der Waals surface area contributed by atoms with Crippen molar-refractivity contribution in [2.24, 2.45) is 0 Å². The Morgan fingerprint density at radius 2 is 0.250 bits per heavy atom. The second-order valence-electron chi connectivity index (χ2n) is 4.50. The van der Waals surface area contributed by atoms with E-state index in [4.69, 9.17) is 0 Å². The molecule has 0 amide bonds. The van der Waals surface area contributed by atoms with Gasteiger partial charge < -0.3 is 0 Å². The third kappa shape index (κ3) is 66.0. The predicted molar refractivity (Wildman–Crippen MR) is 363 cm³/mol. The van der Waals surface area contributed by atoms with E-state index in [0.717, 1.165) is 0 Å². The van der Waals surface area contributed by atoms with Crippen molar-refractivity contribution in [1.82, 2.24) is 0 Å². The van der Waals surface area contributed by atoms with E-state index in [1.54, 1.807) is 340 Å². The summed E-state index contributed by atoms with van der Waals surface area (Å²) < 4.78 is 0. The van der Waals surface area contributed by atoms with E-state index in [1.165, 1.54) is 37.2 Å². The average molecular weight is 1610 g/mol. The van der Waals surface area contributed by atoms with Crippen molar-refractivity contribution in [3.63, 3.8) is 0 Å². The summed E-state index contributed by atoms with van der Waals surface area (Å²) in [7, 11) is 84.9. The zero-order valence-corrected chi connectivity index (χ0v) is 70.2. The summed E-state index contributed by atoms with van der Waals surface area (Å²) in [5.41, 5.74) is 0. The summed E-state index contributed by atoms with van der Waals surface area (Å²) in [5.74, 6) is 0. The van der Waals surface area contributed by atoms with Gasteiger partial charge in [-0.15, -0.1) is 0 Å². The SMILES string of the molecule is P#P=P\P=P/P=P\P=P/P=P\P=P/P=P\P=P/P=P\P=P/P=P\P=P/P=P\P=P/P=P\P=P/P=P\P=P/P=P\P=P/P=P\P=P/P=P\P=P/P=P\P. The summed E-state index contributed by atoms with van der Waals surface area (Å²) >= 11 is 0. The van der Waals surface area contributed by atoms with Gasteiger partial charge in [0.25, 0.3) is 0 Å². The molecule has 0 aromatic heterocycles. The van der Waals surface area contributed by atoms with Crippen LogP contribution in [0, 0.1) is 0 Å². The normalized spacial score (nSPS) is 15.3. The van der Waals surface area contributed by atoms with Gasteiger partial charge in [-0.25, -0.2) is 0 Å². The van der Waals surface area contributed by atoms with Crippen molar-refractivity contribution in [3.05, 3.63) is 0 Å². The number of hydrogen-bond acceptors (Lipinski definition) is 0. The van der Waals surface area contributed by atoms with Crippen molar-refractivity contribution < 1.29 is 0 Å². The number of rotatable bonds is 24. The summed E-state index contributed by atoms with van der Waals surface area (Å²) in [5, 5.41) is 0. The first kappa shape index (κ1) is 68.0. The van der Waals surface area contributed by atoms with Crippen LogP contribution < -0.4 is 0 Å². The Morgan fingerprint density at radius 1 is 0.154 bits per heavy atom. The first-order chi connectivity index (χ1) is 25.9. The summed E-state index contributed by atoms with van der Waals surface area (Å²) in [6.45, 7) is 1.21. The van der Waals surface area contributed by atoms with Crippen molar-refractivity contribution in [3.8, 4) is 0 Å². The summed E-state index contributed by atoms with van der Waals surface area (Å²) in [4.78, 5) is 0. The van der Waals surface area contributed by atoms with E-state index >= 15 is 0 Å². The maximum absolute atomic E-state index is 4.23. The molecule has 0 aliphatic rings. The molecule has 0 heterocycles. The van der Waals surface area contributed by atoms with Gasteiger partial charge in [-0.05, 0) is 68.0 Å². The van der Waals surface area contributed by atoms with E-state index in [-0.39, 0.29) is 0 Å². The Bertz CT molecular complexity index is 1740. The molecule has 0 rings (SSSR count). The molecule has 0 nitrogen and oxygen atoms in total. The molecular weight excluding hydrogens is 1610 g/mol. The van der Waals surface area contributed by atoms with Crippen LogP contribution in [0.2, 0.25) is 0 Å². The molecule has 0 fully saturated rings.